The zero-order chi connectivity index (χ0) is 32.3. The molecule has 0 aliphatic heterocycles. The van der Waals surface area contributed by atoms with Crippen LogP contribution in [0, 0.1) is 0 Å². The minimum absolute atomic E-state index is 0.0207. The second kappa shape index (κ2) is 15.2. The molecule has 1 unspecified atom stereocenters. The summed E-state index contributed by atoms with van der Waals surface area (Å²) in [5.41, 5.74) is 2.11. The van der Waals surface area contributed by atoms with Gasteiger partial charge in [0.25, 0.3) is 11.8 Å². The molecule has 0 saturated carbocycles. The number of amides is 3. The third-order valence-corrected chi connectivity index (χ3v) is 7.88. The lowest BCUT2D eigenvalue weighted by Gasteiger charge is -2.19. The highest BCUT2D eigenvalue weighted by atomic mass is 32.2. The molecular formula is C36H29N3O6S. The minimum atomic E-state index is -0.711. The molecular weight excluding hydrogens is 602 g/mol. The van der Waals surface area contributed by atoms with Gasteiger partial charge in [0.1, 0.15) is 16.7 Å². The Morgan fingerprint density at radius 1 is 0.783 bits per heavy atom. The zero-order valence-electron chi connectivity index (χ0n) is 24.6. The Morgan fingerprint density at radius 2 is 1.50 bits per heavy atom. The van der Waals surface area contributed by atoms with E-state index in [4.69, 9.17) is 9.15 Å². The van der Waals surface area contributed by atoms with Crippen LogP contribution in [0.15, 0.2) is 143 Å². The van der Waals surface area contributed by atoms with Crippen molar-refractivity contribution in [2.45, 2.75) is 10.1 Å². The summed E-state index contributed by atoms with van der Waals surface area (Å²) >= 11 is 1.27. The van der Waals surface area contributed by atoms with E-state index in [-0.39, 0.29) is 17.2 Å². The Kier molecular flexibility index (Phi) is 10.4. The fourth-order valence-electron chi connectivity index (χ4n) is 4.42. The molecule has 1 heterocycles. The number of benzene rings is 4. The number of thioether (sulfide) groups is 1. The van der Waals surface area contributed by atoms with Crippen molar-refractivity contribution < 1.29 is 28.3 Å². The number of furan rings is 1. The molecule has 0 aliphatic carbocycles. The molecule has 5 aromatic rings. The monoisotopic (exact) mass is 631 g/mol. The van der Waals surface area contributed by atoms with Gasteiger partial charge in [0.15, 0.2) is 0 Å². The standard InChI is InChI=1S/C36H29N3O6S/c1-44-36(43)29-19-8-9-20-30(29)38-35(42)32(24-12-4-2-5-13-24)46-28-18-10-16-26(22-28)37-34(41)31(23-27-17-11-21-45-27)39-33(40)25-14-6-3-7-15-25/h2-23,32H,1H3,(H,37,41)(H,38,42)(H,39,40)/b31-23+. The molecule has 0 fully saturated rings. The van der Waals surface area contributed by atoms with Crippen LogP contribution in [0.25, 0.3) is 6.08 Å². The molecule has 3 N–H and O–H groups in total. The summed E-state index contributed by atoms with van der Waals surface area (Å²) in [5, 5.41) is 7.67. The number of ether oxygens (including phenoxy) is 1. The molecule has 0 spiro atoms. The van der Waals surface area contributed by atoms with E-state index in [2.05, 4.69) is 16.0 Å². The van der Waals surface area contributed by atoms with Crippen LogP contribution in [0.5, 0.6) is 0 Å². The smallest absolute Gasteiger partial charge is 0.339 e. The maximum atomic E-state index is 13.7. The van der Waals surface area contributed by atoms with Crippen molar-refractivity contribution >= 4 is 52.9 Å². The molecule has 10 heteroatoms. The summed E-state index contributed by atoms with van der Waals surface area (Å²) < 4.78 is 10.2. The number of hydrogen-bond donors (Lipinski definition) is 3. The van der Waals surface area contributed by atoms with Crippen molar-refractivity contribution in [1.29, 1.82) is 0 Å². The highest BCUT2D eigenvalue weighted by Crippen LogP contribution is 2.37. The normalized spacial score (nSPS) is 11.6. The molecule has 9 nitrogen and oxygen atoms in total. The van der Waals surface area contributed by atoms with Crippen LogP contribution >= 0.6 is 11.8 Å². The van der Waals surface area contributed by atoms with Crippen molar-refractivity contribution in [1.82, 2.24) is 5.32 Å². The molecule has 0 radical (unpaired) electrons. The second-order valence-electron chi connectivity index (χ2n) is 9.81. The van der Waals surface area contributed by atoms with Gasteiger partial charge in [-0.1, -0.05) is 66.7 Å². The molecule has 230 valence electrons. The quantitative estimate of drug-likeness (QED) is 0.0818. The fourth-order valence-corrected chi connectivity index (χ4v) is 5.50. The van der Waals surface area contributed by atoms with Crippen LogP contribution in [-0.2, 0) is 14.3 Å². The van der Waals surface area contributed by atoms with Gasteiger partial charge in [-0.15, -0.1) is 11.8 Å². The van der Waals surface area contributed by atoms with Crippen molar-refractivity contribution in [2.75, 3.05) is 17.7 Å². The molecule has 0 saturated heterocycles. The number of rotatable bonds is 11. The van der Waals surface area contributed by atoms with Crippen molar-refractivity contribution in [3.8, 4) is 0 Å². The van der Waals surface area contributed by atoms with Crippen molar-refractivity contribution in [3.63, 3.8) is 0 Å². The number of esters is 1. The number of anilines is 2. The van der Waals surface area contributed by atoms with Crippen molar-refractivity contribution in [2.24, 2.45) is 0 Å². The Labute approximate surface area is 269 Å². The van der Waals surface area contributed by atoms with Gasteiger partial charge in [-0.3, -0.25) is 14.4 Å². The number of para-hydroxylation sites is 1. The van der Waals surface area contributed by atoms with E-state index in [1.165, 1.54) is 31.2 Å². The van der Waals surface area contributed by atoms with Crippen LogP contribution in [0.1, 0.15) is 37.3 Å². The summed E-state index contributed by atoms with van der Waals surface area (Å²) in [6.07, 6.45) is 2.91. The van der Waals surface area contributed by atoms with Gasteiger partial charge in [-0.05, 0) is 60.2 Å². The van der Waals surface area contributed by atoms with Gasteiger partial charge in [-0.25, -0.2) is 4.79 Å². The largest absolute Gasteiger partial charge is 0.465 e. The Balaban J connectivity index is 1.37. The van der Waals surface area contributed by atoms with Gasteiger partial charge in [0, 0.05) is 22.2 Å². The maximum Gasteiger partial charge on any atom is 0.339 e. The molecule has 46 heavy (non-hydrogen) atoms. The average Bonchev–Trinajstić information content (AvgIpc) is 3.61. The number of carbonyl (C=O) groups is 4. The summed E-state index contributed by atoms with van der Waals surface area (Å²) in [4.78, 5) is 53.0. The van der Waals surface area contributed by atoms with Crippen LogP contribution in [0.4, 0.5) is 11.4 Å². The lowest BCUT2D eigenvalue weighted by molar-refractivity contribution is -0.116. The number of carbonyl (C=O) groups excluding carboxylic acids is 4. The summed E-state index contributed by atoms with van der Waals surface area (Å²) in [5.74, 6) is -1.56. The first kappa shape index (κ1) is 31.6. The first-order chi connectivity index (χ1) is 22.4. The number of nitrogens with one attached hydrogen (secondary N) is 3. The summed E-state index contributed by atoms with van der Waals surface area (Å²) in [7, 11) is 1.28. The first-order valence-electron chi connectivity index (χ1n) is 14.1. The highest BCUT2D eigenvalue weighted by molar-refractivity contribution is 8.00. The van der Waals surface area contributed by atoms with E-state index < -0.39 is 23.0 Å². The zero-order valence-corrected chi connectivity index (χ0v) is 25.5. The topological polar surface area (TPSA) is 127 Å². The van der Waals surface area contributed by atoms with E-state index in [9.17, 15) is 19.2 Å². The first-order valence-corrected chi connectivity index (χ1v) is 15.0. The maximum absolute atomic E-state index is 13.7. The number of methoxy groups -OCH3 is 1. The van der Waals surface area contributed by atoms with E-state index in [0.29, 0.717) is 27.6 Å². The molecule has 0 bridgehead atoms. The van der Waals surface area contributed by atoms with Gasteiger partial charge >= 0.3 is 5.97 Å². The van der Waals surface area contributed by atoms with Gasteiger partial charge in [0.05, 0.1) is 24.6 Å². The summed E-state index contributed by atoms with van der Waals surface area (Å²) in [6.45, 7) is 0. The molecule has 1 aromatic heterocycles. The summed E-state index contributed by atoms with van der Waals surface area (Å²) in [6, 6.07) is 34.7. The number of hydrogen-bond acceptors (Lipinski definition) is 7. The molecule has 5 rings (SSSR count). The van der Waals surface area contributed by atoms with Gasteiger partial charge < -0.3 is 25.1 Å². The third kappa shape index (κ3) is 8.19. The van der Waals surface area contributed by atoms with Crippen LogP contribution in [-0.4, -0.2) is 30.8 Å². The van der Waals surface area contributed by atoms with Gasteiger partial charge in [0.2, 0.25) is 5.91 Å². The highest BCUT2D eigenvalue weighted by Gasteiger charge is 2.24. The second-order valence-corrected chi connectivity index (χ2v) is 11.0. The molecule has 4 aromatic carbocycles. The van der Waals surface area contributed by atoms with Crippen LogP contribution < -0.4 is 16.0 Å². The van der Waals surface area contributed by atoms with Crippen LogP contribution in [0.3, 0.4) is 0 Å². The Hall–Kier alpha value is -5.87. The van der Waals surface area contributed by atoms with E-state index in [0.717, 1.165) is 5.56 Å². The van der Waals surface area contributed by atoms with Crippen molar-refractivity contribution in [3.05, 3.63) is 156 Å². The van der Waals surface area contributed by atoms with E-state index >= 15 is 0 Å². The SMILES string of the molecule is COC(=O)c1ccccc1NC(=O)C(Sc1cccc(NC(=O)/C(=C\c2ccco2)NC(=O)c2ccccc2)c1)c1ccccc1. The fraction of sp³-hybridized carbons (Fsp3) is 0.0556. The third-order valence-electron chi connectivity index (χ3n) is 6.64. The lowest BCUT2D eigenvalue weighted by atomic mass is 10.1. The predicted octanol–water partition coefficient (Wildman–Crippen LogP) is 6.95. The lowest BCUT2D eigenvalue weighted by Crippen LogP contribution is -2.30. The Bertz CT molecular complexity index is 1860. The molecule has 0 aliphatic rings. The Morgan fingerprint density at radius 3 is 2.22 bits per heavy atom. The van der Waals surface area contributed by atoms with Gasteiger partial charge in [-0.2, -0.15) is 0 Å². The predicted molar refractivity (Wildman–Crippen MR) is 177 cm³/mol. The van der Waals surface area contributed by atoms with Crippen LogP contribution in [0.2, 0.25) is 0 Å². The van der Waals surface area contributed by atoms with E-state index in [1.54, 1.807) is 84.9 Å². The van der Waals surface area contributed by atoms with E-state index in [1.807, 2.05) is 36.4 Å². The average molecular weight is 632 g/mol. The molecule has 1 atom stereocenters. The molecule has 3 amide bonds. The minimum Gasteiger partial charge on any atom is -0.465 e.